The van der Waals surface area contributed by atoms with E-state index < -0.39 is 0 Å². The lowest BCUT2D eigenvalue weighted by Gasteiger charge is -2.27. The molecule has 0 amide bonds. The largest absolute Gasteiger partial charge is 0.326 e. The molecule has 0 spiro atoms. The number of hydrogen-bond donors (Lipinski definition) is 4. The van der Waals surface area contributed by atoms with Crippen LogP contribution in [0.25, 0.3) is 0 Å². The standard InChI is InChI=1S/C15H36N4/c1-11(2)17-8-7-14(9-18-12(3)4)15(16)10-19-13(5)6/h11-15,17-19H,7-10,16H2,1-6H3. The van der Waals surface area contributed by atoms with Crippen molar-refractivity contribution in [2.75, 3.05) is 19.6 Å². The minimum Gasteiger partial charge on any atom is -0.326 e. The van der Waals surface area contributed by atoms with E-state index in [2.05, 4.69) is 57.5 Å². The van der Waals surface area contributed by atoms with Gasteiger partial charge in [-0.25, -0.2) is 0 Å². The van der Waals surface area contributed by atoms with Crippen molar-refractivity contribution in [3.8, 4) is 0 Å². The van der Waals surface area contributed by atoms with Gasteiger partial charge in [0, 0.05) is 30.7 Å². The van der Waals surface area contributed by atoms with Crippen LogP contribution >= 0.6 is 0 Å². The topological polar surface area (TPSA) is 62.1 Å². The van der Waals surface area contributed by atoms with Gasteiger partial charge in [-0.3, -0.25) is 0 Å². The van der Waals surface area contributed by atoms with Crippen LogP contribution in [-0.4, -0.2) is 43.8 Å². The van der Waals surface area contributed by atoms with E-state index in [0.717, 1.165) is 26.1 Å². The summed E-state index contributed by atoms with van der Waals surface area (Å²) in [4.78, 5) is 0. The van der Waals surface area contributed by atoms with Gasteiger partial charge >= 0.3 is 0 Å². The first-order chi connectivity index (χ1) is 8.82. The van der Waals surface area contributed by atoms with Gasteiger partial charge in [-0.05, 0) is 25.4 Å². The molecular formula is C15H36N4. The second-order valence-corrected chi connectivity index (χ2v) is 6.45. The summed E-state index contributed by atoms with van der Waals surface area (Å²) in [5.74, 6) is 0.514. The van der Waals surface area contributed by atoms with Gasteiger partial charge in [-0.2, -0.15) is 0 Å². The molecule has 2 atom stereocenters. The maximum absolute atomic E-state index is 6.34. The smallest absolute Gasteiger partial charge is 0.0206 e. The molecule has 2 unspecified atom stereocenters. The van der Waals surface area contributed by atoms with E-state index in [4.69, 9.17) is 5.73 Å². The van der Waals surface area contributed by atoms with Crippen LogP contribution in [0.1, 0.15) is 48.0 Å². The van der Waals surface area contributed by atoms with Gasteiger partial charge in [0.2, 0.25) is 0 Å². The van der Waals surface area contributed by atoms with Crippen LogP contribution in [0.4, 0.5) is 0 Å². The summed E-state index contributed by atoms with van der Waals surface area (Å²) < 4.78 is 0. The fourth-order valence-corrected chi connectivity index (χ4v) is 1.95. The van der Waals surface area contributed by atoms with Crippen LogP contribution in [0, 0.1) is 5.92 Å². The van der Waals surface area contributed by atoms with Crippen LogP contribution in [0.15, 0.2) is 0 Å². The van der Waals surface area contributed by atoms with Crippen molar-refractivity contribution in [2.45, 2.75) is 72.1 Å². The summed E-state index contributed by atoms with van der Waals surface area (Å²) in [6, 6.07) is 1.77. The molecule has 0 heterocycles. The molecule has 0 aromatic rings. The van der Waals surface area contributed by atoms with E-state index in [0.29, 0.717) is 24.0 Å². The van der Waals surface area contributed by atoms with Gasteiger partial charge in [0.25, 0.3) is 0 Å². The number of nitrogens with two attached hydrogens (primary N) is 1. The minimum absolute atomic E-state index is 0.211. The highest BCUT2D eigenvalue weighted by atomic mass is 15.0. The van der Waals surface area contributed by atoms with Crippen molar-refractivity contribution in [3.05, 3.63) is 0 Å². The van der Waals surface area contributed by atoms with Gasteiger partial charge in [-0.15, -0.1) is 0 Å². The maximum Gasteiger partial charge on any atom is 0.0206 e. The Hall–Kier alpha value is -0.160. The number of rotatable bonds is 11. The van der Waals surface area contributed by atoms with Crippen molar-refractivity contribution in [1.82, 2.24) is 16.0 Å². The van der Waals surface area contributed by atoms with Gasteiger partial charge in [-0.1, -0.05) is 41.5 Å². The third-order valence-corrected chi connectivity index (χ3v) is 3.22. The van der Waals surface area contributed by atoms with Crippen molar-refractivity contribution >= 4 is 0 Å². The lowest BCUT2D eigenvalue weighted by Crippen LogP contribution is -2.47. The lowest BCUT2D eigenvalue weighted by molar-refractivity contribution is 0.334. The molecule has 0 aromatic carbocycles. The second-order valence-electron chi connectivity index (χ2n) is 6.45. The molecule has 0 aliphatic rings. The zero-order chi connectivity index (χ0) is 14.8. The monoisotopic (exact) mass is 272 g/mol. The number of hydrogen-bond acceptors (Lipinski definition) is 4. The fraction of sp³-hybridized carbons (Fsp3) is 1.00. The van der Waals surface area contributed by atoms with Crippen molar-refractivity contribution in [2.24, 2.45) is 11.7 Å². The second kappa shape index (κ2) is 10.6. The minimum atomic E-state index is 0.211. The molecule has 0 aliphatic carbocycles. The zero-order valence-electron chi connectivity index (χ0n) is 13.8. The van der Waals surface area contributed by atoms with Gasteiger partial charge in [0.15, 0.2) is 0 Å². The van der Waals surface area contributed by atoms with Crippen molar-refractivity contribution in [3.63, 3.8) is 0 Å². The third kappa shape index (κ3) is 11.4. The van der Waals surface area contributed by atoms with Crippen LogP contribution in [-0.2, 0) is 0 Å². The highest BCUT2D eigenvalue weighted by Crippen LogP contribution is 2.06. The normalized spacial score (nSPS) is 15.5. The van der Waals surface area contributed by atoms with Crippen LogP contribution in [0.2, 0.25) is 0 Å². The van der Waals surface area contributed by atoms with Gasteiger partial charge in [0.1, 0.15) is 0 Å². The molecule has 0 fully saturated rings. The van der Waals surface area contributed by atoms with E-state index >= 15 is 0 Å². The average Bonchev–Trinajstić information content (AvgIpc) is 2.29. The van der Waals surface area contributed by atoms with Crippen LogP contribution in [0.3, 0.4) is 0 Å². The Labute approximate surface area is 120 Å². The molecule has 0 radical (unpaired) electrons. The molecule has 0 saturated heterocycles. The maximum atomic E-state index is 6.34. The zero-order valence-corrected chi connectivity index (χ0v) is 13.8. The first-order valence-electron chi connectivity index (χ1n) is 7.78. The van der Waals surface area contributed by atoms with Crippen molar-refractivity contribution < 1.29 is 0 Å². The van der Waals surface area contributed by atoms with E-state index in [1.165, 1.54) is 0 Å². The molecule has 0 aliphatic heterocycles. The highest BCUT2D eigenvalue weighted by molar-refractivity contribution is 4.79. The summed E-state index contributed by atoms with van der Waals surface area (Å²) in [5, 5.41) is 10.4. The quantitative estimate of drug-likeness (QED) is 0.458. The average molecular weight is 272 g/mol. The van der Waals surface area contributed by atoms with E-state index in [1.807, 2.05) is 0 Å². The summed E-state index contributed by atoms with van der Waals surface area (Å²) in [5.41, 5.74) is 6.34. The van der Waals surface area contributed by atoms with Gasteiger partial charge < -0.3 is 21.7 Å². The molecule has 0 aromatic heterocycles. The van der Waals surface area contributed by atoms with Crippen LogP contribution in [0.5, 0.6) is 0 Å². The van der Waals surface area contributed by atoms with Crippen LogP contribution < -0.4 is 21.7 Å². The molecule has 4 nitrogen and oxygen atoms in total. The van der Waals surface area contributed by atoms with Crippen molar-refractivity contribution in [1.29, 1.82) is 0 Å². The van der Waals surface area contributed by atoms with E-state index in [-0.39, 0.29) is 6.04 Å². The Morgan fingerprint density at radius 3 is 1.68 bits per heavy atom. The highest BCUT2D eigenvalue weighted by Gasteiger charge is 2.18. The van der Waals surface area contributed by atoms with E-state index in [9.17, 15) is 0 Å². The molecule has 116 valence electrons. The Balaban J connectivity index is 4.14. The molecule has 4 heteroatoms. The number of nitrogens with one attached hydrogen (secondary N) is 3. The summed E-state index contributed by atoms with van der Waals surface area (Å²) in [6.07, 6.45) is 1.12. The van der Waals surface area contributed by atoms with E-state index in [1.54, 1.807) is 0 Å². The summed E-state index contributed by atoms with van der Waals surface area (Å²) in [6.45, 7) is 16.0. The Kier molecular flexibility index (Phi) is 10.5. The first kappa shape index (κ1) is 18.8. The predicted molar refractivity (Wildman–Crippen MR) is 85.5 cm³/mol. The predicted octanol–water partition coefficient (Wildman–Crippen LogP) is 1.31. The fourth-order valence-electron chi connectivity index (χ4n) is 1.95. The SMILES string of the molecule is CC(C)NCCC(CNC(C)C)C(N)CNC(C)C. The Morgan fingerprint density at radius 1 is 0.737 bits per heavy atom. The molecule has 19 heavy (non-hydrogen) atoms. The molecule has 0 rings (SSSR count). The Bertz CT molecular complexity index is 204. The molecule has 0 saturated carbocycles. The third-order valence-electron chi connectivity index (χ3n) is 3.22. The molecule has 5 N–H and O–H groups in total. The first-order valence-corrected chi connectivity index (χ1v) is 7.78. The Morgan fingerprint density at radius 2 is 1.21 bits per heavy atom. The summed E-state index contributed by atoms with van der Waals surface area (Å²) in [7, 11) is 0. The lowest BCUT2D eigenvalue weighted by atomic mass is 9.95. The molecule has 0 bridgehead atoms. The van der Waals surface area contributed by atoms with Gasteiger partial charge in [0.05, 0.1) is 0 Å². The summed E-state index contributed by atoms with van der Waals surface area (Å²) >= 11 is 0. The molecular weight excluding hydrogens is 236 g/mol.